The predicted octanol–water partition coefficient (Wildman–Crippen LogP) is 7.10. The van der Waals surface area contributed by atoms with Gasteiger partial charge < -0.3 is 65.1 Å². The first-order valence-electron chi connectivity index (χ1n) is 26.2. The fourth-order valence-electron chi connectivity index (χ4n) is 8.50. The van der Waals surface area contributed by atoms with E-state index in [0.29, 0.717) is 6.42 Å². The third-order valence-electron chi connectivity index (χ3n) is 12.8. The molecule has 0 radical (unpaired) electrons. The van der Waals surface area contributed by atoms with Gasteiger partial charge in [0.25, 0.3) is 0 Å². The number of ether oxygens (including phenoxy) is 4. The molecule has 0 aliphatic carbocycles. The van der Waals surface area contributed by atoms with Crippen LogP contribution in [0.2, 0.25) is 0 Å². The van der Waals surface area contributed by atoms with Crippen molar-refractivity contribution in [2.45, 2.75) is 267 Å². The normalized spacial score (nSPS) is 27.1. The molecule has 12 atom stereocenters. The minimum atomic E-state index is -1.79. The molecule has 2 saturated heterocycles. The highest BCUT2D eigenvalue weighted by atomic mass is 16.7. The van der Waals surface area contributed by atoms with E-state index >= 15 is 0 Å². The molecule has 14 heteroatoms. The molecule has 0 saturated carbocycles. The number of amides is 1. The highest BCUT2D eigenvalue weighted by Crippen LogP contribution is 2.30. The van der Waals surface area contributed by atoms with Gasteiger partial charge in [-0.2, -0.15) is 0 Å². The molecule has 12 unspecified atom stereocenters. The molecule has 14 nitrogen and oxygen atoms in total. The second-order valence-corrected chi connectivity index (χ2v) is 18.6. The van der Waals surface area contributed by atoms with Gasteiger partial charge in [0.05, 0.1) is 32.0 Å². The van der Waals surface area contributed by atoms with Gasteiger partial charge in [-0.05, 0) is 51.4 Å². The average molecular weight is 942 g/mol. The van der Waals surface area contributed by atoms with Crippen molar-refractivity contribution in [3.05, 3.63) is 36.5 Å². The number of rotatable bonds is 40. The van der Waals surface area contributed by atoms with Gasteiger partial charge in [-0.25, -0.2) is 0 Å². The van der Waals surface area contributed by atoms with Crippen LogP contribution < -0.4 is 5.32 Å². The van der Waals surface area contributed by atoms with Crippen LogP contribution in [0.3, 0.4) is 0 Å². The molecule has 1 amide bonds. The van der Waals surface area contributed by atoms with Gasteiger partial charge in [-0.15, -0.1) is 0 Å². The Kier molecular flexibility index (Phi) is 35.6. The van der Waals surface area contributed by atoms with Crippen molar-refractivity contribution in [3.63, 3.8) is 0 Å². The molecular formula is C52H95NO13. The summed E-state index contributed by atoms with van der Waals surface area (Å²) in [7, 11) is 0. The van der Waals surface area contributed by atoms with Gasteiger partial charge in [-0.1, -0.05) is 172 Å². The van der Waals surface area contributed by atoms with Crippen molar-refractivity contribution in [1.82, 2.24) is 5.32 Å². The van der Waals surface area contributed by atoms with Gasteiger partial charge in [0.1, 0.15) is 48.8 Å². The summed E-state index contributed by atoms with van der Waals surface area (Å²) in [6.45, 7) is 2.76. The topological polar surface area (TPSA) is 228 Å². The summed E-state index contributed by atoms with van der Waals surface area (Å²) < 4.78 is 22.7. The summed E-state index contributed by atoms with van der Waals surface area (Å²) in [6, 6.07) is -0.920. The second-order valence-electron chi connectivity index (χ2n) is 18.6. The van der Waals surface area contributed by atoms with Crippen LogP contribution in [0, 0.1) is 0 Å². The number of carbonyl (C=O) groups is 1. The smallest absolute Gasteiger partial charge is 0.220 e. The van der Waals surface area contributed by atoms with Gasteiger partial charge in [-0.3, -0.25) is 4.79 Å². The molecule has 9 N–H and O–H groups in total. The molecule has 0 spiro atoms. The monoisotopic (exact) mass is 942 g/mol. The second kappa shape index (κ2) is 39.0. The molecule has 2 rings (SSSR count). The lowest BCUT2D eigenvalue weighted by molar-refractivity contribution is -0.359. The van der Waals surface area contributed by atoms with Crippen LogP contribution in [-0.4, -0.2) is 140 Å². The first-order chi connectivity index (χ1) is 32.1. The quantitative estimate of drug-likeness (QED) is 0.0221. The Hall–Kier alpha value is -1.79. The third kappa shape index (κ3) is 25.7. The fourth-order valence-corrected chi connectivity index (χ4v) is 8.50. The summed E-state index contributed by atoms with van der Waals surface area (Å²) in [4.78, 5) is 13.2. The number of allylic oxidation sites excluding steroid dienone is 5. The summed E-state index contributed by atoms with van der Waals surface area (Å²) in [6.07, 6.45) is 27.4. The van der Waals surface area contributed by atoms with E-state index in [2.05, 4.69) is 43.5 Å². The Morgan fingerprint density at radius 2 is 1.00 bits per heavy atom. The molecule has 0 aromatic carbocycles. The SMILES string of the molecule is CCCCCC/C=C\C/C=C\CCCCCCCC(=O)NC(COC1OC(CO)C(OC2OC(CO)C(O)C(O)C2O)C(O)C1O)C(O)/C=C/CCCCCCCCCCCCCCCC. The third-order valence-corrected chi connectivity index (χ3v) is 12.8. The largest absolute Gasteiger partial charge is 0.394 e. The van der Waals surface area contributed by atoms with Crippen LogP contribution in [0.1, 0.15) is 194 Å². The maximum atomic E-state index is 13.2. The lowest BCUT2D eigenvalue weighted by atomic mass is 9.97. The standard InChI is InChI=1S/C52H95NO13/c1-3-5-7-9-11-13-15-17-19-21-23-25-27-29-31-33-35-41(56)40(53-44(57)36-34-32-30-28-26-24-22-20-18-16-14-12-10-8-6-4-2)39-63-51-49(62)47(60)50(43(38-55)65-51)66-52-48(61)46(59)45(58)42(37-54)64-52/h14,16,20,22,33,35,40-43,45-52,54-56,58-62H,3-13,15,17-19,21,23-32,34,36-39H2,1-2H3,(H,53,57)/b16-14-,22-20-,35-33+. The zero-order valence-electron chi connectivity index (χ0n) is 40.9. The zero-order valence-corrected chi connectivity index (χ0v) is 40.9. The van der Waals surface area contributed by atoms with Crippen LogP contribution >= 0.6 is 0 Å². The van der Waals surface area contributed by atoms with Crippen LogP contribution in [0.4, 0.5) is 0 Å². The lowest BCUT2D eigenvalue weighted by Crippen LogP contribution is -2.65. The highest BCUT2D eigenvalue weighted by molar-refractivity contribution is 5.76. The Bertz CT molecular complexity index is 1250. The molecule has 0 bridgehead atoms. The fraction of sp³-hybridized carbons (Fsp3) is 0.865. The zero-order chi connectivity index (χ0) is 48.2. The van der Waals surface area contributed by atoms with Crippen LogP contribution in [-0.2, 0) is 23.7 Å². The van der Waals surface area contributed by atoms with Crippen molar-refractivity contribution in [1.29, 1.82) is 0 Å². The van der Waals surface area contributed by atoms with Crippen LogP contribution in [0.15, 0.2) is 36.5 Å². The van der Waals surface area contributed by atoms with Crippen molar-refractivity contribution < 1.29 is 64.6 Å². The Balaban J connectivity index is 1.85. The lowest BCUT2D eigenvalue weighted by Gasteiger charge is -2.46. The maximum absolute atomic E-state index is 13.2. The van der Waals surface area contributed by atoms with Gasteiger partial charge in [0.15, 0.2) is 12.6 Å². The van der Waals surface area contributed by atoms with Crippen molar-refractivity contribution in [2.75, 3.05) is 19.8 Å². The first kappa shape index (κ1) is 60.3. The molecule has 386 valence electrons. The Labute approximate surface area is 398 Å². The minimum absolute atomic E-state index is 0.254. The molecule has 0 aromatic heterocycles. The van der Waals surface area contributed by atoms with Crippen molar-refractivity contribution in [3.8, 4) is 0 Å². The summed E-state index contributed by atoms with van der Waals surface area (Å²) in [5.74, 6) is -0.254. The molecule has 2 heterocycles. The van der Waals surface area contributed by atoms with E-state index in [-0.39, 0.29) is 18.9 Å². The number of hydrogen-bond donors (Lipinski definition) is 9. The number of nitrogens with one attached hydrogen (secondary N) is 1. The molecule has 2 fully saturated rings. The van der Waals surface area contributed by atoms with E-state index in [1.54, 1.807) is 6.08 Å². The highest BCUT2D eigenvalue weighted by Gasteiger charge is 2.51. The van der Waals surface area contributed by atoms with E-state index in [0.717, 1.165) is 64.2 Å². The molecular weight excluding hydrogens is 847 g/mol. The molecule has 0 aromatic rings. The first-order valence-corrected chi connectivity index (χ1v) is 26.2. The summed E-state index contributed by atoms with van der Waals surface area (Å²) >= 11 is 0. The van der Waals surface area contributed by atoms with Gasteiger partial charge in [0.2, 0.25) is 5.91 Å². The average Bonchev–Trinajstić information content (AvgIpc) is 3.31. The van der Waals surface area contributed by atoms with Gasteiger partial charge in [0, 0.05) is 6.42 Å². The number of hydrogen-bond acceptors (Lipinski definition) is 13. The predicted molar refractivity (Wildman–Crippen MR) is 258 cm³/mol. The number of unbranched alkanes of at least 4 members (excludes halogenated alkanes) is 23. The molecule has 2 aliphatic rings. The number of aliphatic hydroxyl groups is 8. The van der Waals surface area contributed by atoms with Crippen molar-refractivity contribution >= 4 is 5.91 Å². The van der Waals surface area contributed by atoms with Crippen LogP contribution in [0.25, 0.3) is 0 Å². The van der Waals surface area contributed by atoms with E-state index in [4.69, 9.17) is 18.9 Å². The summed E-state index contributed by atoms with van der Waals surface area (Å²) in [5, 5.41) is 86.8. The van der Waals surface area contributed by atoms with E-state index in [1.807, 2.05) is 6.08 Å². The maximum Gasteiger partial charge on any atom is 0.220 e. The van der Waals surface area contributed by atoms with E-state index in [1.165, 1.54) is 103 Å². The van der Waals surface area contributed by atoms with Crippen LogP contribution in [0.5, 0.6) is 0 Å². The van der Waals surface area contributed by atoms with E-state index in [9.17, 15) is 45.6 Å². The minimum Gasteiger partial charge on any atom is -0.394 e. The number of carbonyl (C=O) groups excluding carboxylic acids is 1. The molecule has 66 heavy (non-hydrogen) atoms. The van der Waals surface area contributed by atoms with Gasteiger partial charge >= 0.3 is 0 Å². The molecule has 2 aliphatic heterocycles. The Morgan fingerprint density at radius 1 is 0.545 bits per heavy atom. The Morgan fingerprint density at radius 3 is 1.53 bits per heavy atom. The van der Waals surface area contributed by atoms with Crippen molar-refractivity contribution in [2.24, 2.45) is 0 Å². The summed E-state index contributed by atoms with van der Waals surface area (Å²) in [5.41, 5.74) is 0. The van der Waals surface area contributed by atoms with E-state index < -0.39 is 86.8 Å². The number of aliphatic hydroxyl groups excluding tert-OH is 8.